The van der Waals surface area contributed by atoms with Crippen LogP contribution in [0.4, 0.5) is 5.69 Å². The van der Waals surface area contributed by atoms with Crippen LogP contribution in [0.3, 0.4) is 0 Å². The van der Waals surface area contributed by atoms with Gasteiger partial charge in [0.1, 0.15) is 0 Å². The van der Waals surface area contributed by atoms with E-state index in [1.165, 1.54) is 24.3 Å². The van der Waals surface area contributed by atoms with Gasteiger partial charge < -0.3 is 15.1 Å². The highest BCUT2D eigenvalue weighted by Gasteiger charge is 2.31. The third-order valence-corrected chi connectivity index (χ3v) is 4.25. The Morgan fingerprint density at radius 1 is 0.733 bits per heavy atom. The molecule has 2 N–H and O–H groups in total. The second-order valence-electron chi connectivity index (χ2n) is 6.15. The first-order valence-corrected chi connectivity index (χ1v) is 8.36. The summed E-state index contributed by atoms with van der Waals surface area (Å²) in [5.41, 5.74) is -0.330. The topological polar surface area (TPSA) is 146 Å². The molecule has 1 aromatic heterocycles. The van der Waals surface area contributed by atoms with Gasteiger partial charge >= 0.3 is 5.97 Å². The van der Waals surface area contributed by atoms with Crippen LogP contribution in [-0.2, 0) is 24.0 Å². The van der Waals surface area contributed by atoms with Crippen LogP contribution in [0.1, 0.15) is 10.4 Å². The van der Waals surface area contributed by atoms with Crippen LogP contribution in [0, 0.1) is 0 Å². The quantitative estimate of drug-likeness (QED) is 0.686. The van der Waals surface area contributed by atoms with E-state index < -0.39 is 41.4 Å². The van der Waals surface area contributed by atoms with Crippen molar-refractivity contribution in [3.8, 4) is 17.4 Å². The third-order valence-electron chi connectivity index (χ3n) is 4.25. The van der Waals surface area contributed by atoms with E-state index in [2.05, 4.69) is 0 Å². The minimum Gasteiger partial charge on any atom is -0.494 e. The molecule has 11 heteroatoms. The largest absolute Gasteiger partial charge is 0.494 e. The number of aromatic hydroxyl groups is 2. The van der Waals surface area contributed by atoms with E-state index in [9.17, 15) is 34.2 Å². The number of nitrogens with zero attached hydrogens (tertiary/aromatic N) is 3. The minimum atomic E-state index is -1.15. The minimum absolute atomic E-state index is 0.00384. The molecule has 0 spiro atoms. The van der Waals surface area contributed by atoms with E-state index in [1.54, 1.807) is 0 Å². The van der Waals surface area contributed by atoms with Crippen molar-refractivity contribution in [2.24, 2.45) is 0 Å². The number of carbonyl (C=O) groups is 5. The molecule has 4 rings (SSSR count). The zero-order valence-corrected chi connectivity index (χ0v) is 14.9. The molecule has 2 aromatic rings. The maximum atomic E-state index is 12.6. The van der Waals surface area contributed by atoms with E-state index in [0.717, 1.165) is 39.8 Å². The molecule has 0 fully saturated rings. The van der Waals surface area contributed by atoms with E-state index in [1.807, 2.05) is 0 Å². The average molecular weight is 409 g/mol. The Morgan fingerprint density at radius 2 is 1.23 bits per heavy atom. The SMILES string of the molecule is O=C(ON1C(=O)C=CC1=O)c1cc(N2C(=O)C=CC2=O)cc(-n2c(O)ccc2O)c1. The molecule has 0 bridgehead atoms. The van der Waals surface area contributed by atoms with Crippen LogP contribution in [0.2, 0.25) is 0 Å². The molecule has 0 aliphatic carbocycles. The maximum absolute atomic E-state index is 12.6. The number of carbonyl (C=O) groups excluding carboxylic acids is 5. The van der Waals surface area contributed by atoms with E-state index in [0.29, 0.717) is 0 Å². The zero-order chi connectivity index (χ0) is 21.6. The Labute approximate surface area is 167 Å². The fourth-order valence-corrected chi connectivity index (χ4v) is 2.92. The fraction of sp³-hybridized carbons (Fsp3) is 0. The van der Waals surface area contributed by atoms with Gasteiger partial charge in [0, 0.05) is 36.4 Å². The summed E-state index contributed by atoms with van der Waals surface area (Å²) in [5.74, 6) is -5.01. The van der Waals surface area contributed by atoms with Gasteiger partial charge in [-0.2, -0.15) is 0 Å². The number of rotatable bonds is 4. The van der Waals surface area contributed by atoms with Crippen molar-refractivity contribution in [1.82, 2.24) is 9.63 Å². The molecule has 2 aliphatic heterocycles. The monoisotopic (exact) mass is 409 g/mol. The number of imide groups is 2. The first kappa shape index (κ1) is 18.7. The Kier molecular flexibility index (Phi) is 4.20. The molecule has 2 aliphatic rings. The van der Waals surface area contributed by atoms with Crippen molar-refractivity contribution in [2.45, 2.75) is 0 Å². The third kappa shape index (κ3) is 2.99. The lowest BCUT2D eigenvalue weighted by Crippen LogP contribution is -2.33. The van der Waals surface area contributed by atoms with Crippen molar-refractivity contribution in [1.29, 1.82) is 0 Å². The van der Waals surface area contributed by atoms with Crippen molar-refractivity contribution < 1.29 is 39.0 Å². The first-order chi connectivity index (χ1) is 14.3. The second-order valence-corrected chi connectivity index (χ2v) is 6.15. The molecule has 11 nitrogen and oxygen atoms in total. The predicted octanol–water partition coefficient (Wildman–Crippen LogP) is 0.315. The fourth-order valence-electron chi connectivity index (χ4n) is 2.92. The molecule has 30 heavy (non-hydrogen) atoms. The normalized spacial score (nSPS) is 15.6. The molecule has 0 radical (unpaired) electrons. The van der Waals surface area contributed by atoms with E-state index >= 15 is 0 Å². The summed E-state index contributed by atoms with van der Waals surface area (Å²) >= 11 is 0. The van der Waals surface area contributed by atoms with Gasteiger partial charge in [0.2, 0.25) is 0 Å². The summed E-state index contributed by atoms with van der Waals surface area (Å²) < 4.78 is 0.937. The number of aromatic nitrogens is 1. The summed E-state index contributed by atoms with van der Waals surface area (Å²) in [4.78, 5) is 65.5. The molecule has 1 aromatic carbocycles. The van der Waals surface area contributed by atoms with Gasteiger partial charge in [0.05, 0.1) is 16.9 Å². The number of hydrogen-bond acceptors (Lipinski definition) is 8. The van der Waals surface area contributed by atoms with Crippen molar-refractivity contribution in [2.75, 3.05) is 4.90 Å². The number of hydroxylamine groups is 2. The highest BCUT2D eigenvalue weighted by atomic mass is 16.7. The summed E-state index contributed by atoms with van der Waals surface area (Å²) in [6.45, 7) is 0. The molecular weight excluding hydrogens is 398 g/mol. The smallest absolute Gasteiger partial charge is 0.364 e. The van der Waals surface area contributed by atoms with Crippen LogP contribution in [0.25, 0.3) is 5.69 Å². The number of benzene rings is 1. The van der Waals surface area contributed by atoms with E-state index in [-0.39, 0.29) is 22.0 Å². The highest BCUT2D eigenvalue weighted by molar-refractivity contribution is 6.28. The first-order valence-electron chi connectivity index (χ1n) is 8.36. The highest BCUT2D eigenvalue weighted by Crippen LogP contribution is 2.31. The van der Waals surface area contributed by atoms with Gasteiger partial charge in [0.25, 0.3) is 23.6 Å². The Morgan fingerprint density at radius 3 is 1.80 bits per heavy atom. The Balaban J connectivity index is 1.79. The average Bonchev–Trinajstić information content (AvgIpc) is 3.33. The van der Waals surface area contributed by atoms with Crippen LogP contribution >= 0.6 is 0 Å². The Bertz CT molecular complexity index is 1150. The lowest BCUT2D eigenvalue weighted by molar-refractivity contribution is -0.170. The van der Waals surface area contributed by atoms with Crippen molar-refractivity contribution in [3.05, 3.63) is 60.2 Å². The van der Waals surface area contributed by atoms with Gasteiger partial charge in [-0.15, -0.1) is 0 Å². The standard InChI is InChI=1S/C19H11N3O8/c23-13-1-2-14(24)20(13)11-7-10(19(29)30-22-17(27)5-6-18(22)28)8-12(9-11)21-15(25)3-4-16(21)26/h1-9,23-24H. The van der Waals surface area contributed by atoms with Gasteiger partial charge in [-0.25, -0.2) is 9.69 Å². The Hall–Kier alpha value is -4.67. The van der Waals surface area contributed by atoms with Crippen LogP contribution < -0.4 is 4.90 Å². The van der Waals surface area contributed by atoms with E-state index in [4.69, 9.17) is 4.84 Å². The lowest BCUT2D eigenvalue weighted by Gasteiger charge is -2.18. The molecule has 0 saturated heterocycles. The van der Waals surface area contributed by atoms with Gasteiger partial charge in [-0.05, 0) is 18.2 Å². The van der Waals surface area contributed by atoms with Gasteiger partial charge in [-0.1, -0.05) is 5.06 Å². The van der Waals surface area contributed by atoms with Crippen LogP contribution in [0.5, 0.6) is 11.8 Å². The van der Waals surface area contributed by atoms with Crippen LogP contribution in [0.15, 0.2) is 54.6 Å². The van der Waals surface area contributed by atoms with Gasteiger partial charge in [0.15, 0.2) is 11.8 Å². The molecule has 4 amide bonds. The van der Waals surface area contributed by atoms with Gasteiger partial charge in [-0.3, -0.25) is 23.7 Å². The second kappa shape index (κ2) is 6.74. The summed E-state index contributed by atoms with van der Waals surface area (Å²) in [6.07, 6.45) is 3.90. The molecule has 0 atom stereocenters. The molecular formula is C19H11N3O8. The molecule has 0 saturated carbocycles. The molecule has 3 heterocycles. The summed E-state index contributed by atoms with van der Waals surface area (Å²) in [7, 11) is 0. The predicted molar refractivity (Wildman–Crippen MR) is 97.1 cm³/mol. The van der Waals surface area contributed by atoms with Crippen LogP contribution in [-0.4, -0.2) is 49.4 Å². The molecule has 150 valence electrons. The summed E-state index contributed by atoms with van der Waals surface area (Å²) in [5, 5.41) is 20.2. The lowest BCUT2D eigenvalue weighted by atomic mass is 10.1. The van der Waals surface area contributed by atoms with Crippen molar-refractivity contribution >= 4 is 35.3 Å². The van der Waals surface area contributed by atoms with Crippen molar-refractivity contribution in [3.63, 3.8) is 0 Å². The number of amides is 4. The molecule has 0 unspecified atom stereocenters. The maximum Gasteiger partial charge on any atom is 0.364 e. The summed E-state index contributed by atoms with van der Waals surface area (Å²) in [6, 6.07) is 5.93. The number of anilines is 1. The zero-order valence-electron chi connectivity index (χ0n) is 14.9. The number of hydrogen-bond donors (Lipinski definition) is 2.